The predicted octanol–water partition coefficient (Wildman–Crippen LogP) is 6.15. The molecule has 0 aromatic rings. The lowest BCUT2D eigenvalue weighted by molar-refractivity contribution is -0.160. The van der Waals surface area contributed by atoms with Crippen molar-refractivity contribution in [1.29, 1.82) is 0 Å². The highest BCUT2D eigenvalue weighted by Gasteiger charge is 2.61. The first-order chi connectivity index (χ1) is 14.0. The molecule has 9 unspecified atom stereocenters. The summed E-state index contributed by atoms with van der Waals surface area (Å²) in [5, 5.41) is 10.8. The van der Waals surface area contributed by atoms with Crippen molar-refractivity contribution in [2.24, 2.45) is 46.3 Å². The number of methoxy groups -OCH3 is 1. The van der Waals surface area contributed by atoms with Crippen LogP contribution >= 0.6 is 0 Å². The molecule has 4 aliphatic rings. The Kier molecular flexibility index (Phi) is 5.70. The highest BCUT2D eigenvalue weighted by Crippen LogP contribution is 2.68. The highest BCUT2D eigenvalue weighted by atomic mass is 16.5. The fourth-order valence-electron chi connectivity index (χ4n) is 8.83. The van der Waals surface area contributed by atoms with Crippen LogP contribution < -0.4 is 0 Å². The fraction of sp³-hybridized carbons (Fsp3) is 0.889. The molecule has 30 heavy (non-hydrogen) atoms. The molecular weight excluding hydrogens is 372 g/mol. The maximum atomic E-state index is 11.7. The zero-order valence-electron chi connectivity index (χ0n) is 20.2. The van der Waals surface area contributed by atoms with Crippen molar-refractivity contribution < 1.29 is 14.6 Å². The van der Waals surface area contributed by atoms with Crippen molar-refractivity contribution in [3.8, 4) is 0 Å². The molecule has 170 valence electrons. The molecule has 3 saturated carbocycles. The van der Waals surface area contributed by atoms with Crippen molar-refractivity contribution >= 4 is 5.97 Å². The summed E-state index contributed by atoms with van der Waals surface area (Å²) in [4.78, 5) is 11.7. The van der Waals surface area contributed by atoms with Crippen molar-refractivity contribution in [3.63, 3.8) is 0 Å². The molecule has 0 saturated heterocycles. The minimum atomic E-state index is -0.467. The molecule has 1 N–H and O–H groups in total. The zero-order valence-corrected chi connectivity index (χ0v) is 20.2. The van der Waals surface area contributed by atoms with Crippen LogP contribution in [0.15, 0.2) is 11.6 Å². The molecule has 0 aromatic heterocycles. The SMILES string of the molecule is COC(=O)CCC(C)C1=CCC2C3CC(C)C4CC(C)(O)CCC4(C)C3CCC12C. The second kappa shape index (κ2) is 7.64. The number of rotatable bonds is 4. The Balaban J connectivity index is 1.53. The van der Waals surface area contributed by atoms with Gasteiger partial charge in [-0.05, 0) is 105 Å². The topological polar surface area (TPSA) is 46.5 Å². The number of hydrogen-bond acceptors (Lipinski definition) is 3. The second-order valence-corrected chi connectivity index (χ2v) is 12.3. The first-order valence-electron chi connectivity index (χ1n) is 12.5. The van der Waals surface area contributed by atoms with Crippen molar-refractivity contribution in [1.82, 2.24) is 0 Å². The lowest BCUT2D eigenvalue weighted by atomic mass is 9.42. The van der Waals surface area contributed by atoms with Crippen LogP contribution in [0.3, 0.4) is 0 Å². The molecule has 0 bridgehead atoms. The monoisotopic (exact) mass is 416 g/mol. The number of allylic oxidation sites excluding steroid dienone is 2. The summed E-state index contributed by atoms with van der Waals surface area (Å²) in [5.41, 5.74) is 1.86. The van der Waals surface area contributed by atoms with Gasteiger partial charge in [-0.3, -0.25) is 4.79 Å². The van der Waals surface area contributed by atoms with E-state index in [0.717, 1.165) is 37.0 Å². The maximum Gasteiger partial charge on any atom is 0.305 e. The van der Waals surface area contributed by atoms with Gasteiger partial charge in [0.05, 0.1) is 12.7 Å². The second-order valence-electron chi connectivity index (χ2n) is 12.3. The van der Waals surface area contributed by atoms with Crippen LogP contribution in [0.5, 0.6) is 0 Å². The summed E-state index contributed by atoms with van der Waals surface area (Å²) < 4.78 is 4.88. The summed E-state index contributed by atoms with van der Waals surface area (Å²) in [6, 6.07) is 0. The molecule has 4 rings (SSSR count). The quantitative estimate of drug-likeness (QED) is 0.441. The van der Waals surface area contributed by atoms with Gasteiger partial charge in [-0.15, -0.1) is 0 Å². The maximum absolute atomic E-state index is 11.7. The van der Waals surface area contributed by atoms with E-state index < -0.39 is 5.60 Å². The molecule has 0 aliphatic heterocycles. The van der Waals surface area contributed by atoms with Gasteiger partial charge in [-0.2, -0.15) is 0 Å². The van der Waals surface area contributed by atoms with Crippen LogP contribution in [-0.4, -0.2) is 23.8 Å². The number of ether oxygens (including phenoxy) is 1. The molecule has 0 radical (unpaired) electrons. The highest BCUT2D eigenvalue weighted by molar-refractivity contribution is 5.69. The number of fused-ring (bicyclic) bond motifs is 5. The smallest absolute Gasteiger partial charge is 0.305 e. The molecule has 9 atom stereocenters. The Morgan fingerprint density at radius 1 is 1.20 bits per heavy atom. The van der Waals surface area contributed by atoms with Gasteiger partial charge in [-0.25, -0.2) is 0 Å². The average Bonchev–Trinajstić information content (AvgIpc) is 3.05. The van der Waals surface area contributed by atoms with Gasteiger partial charge in [0.25, 0.3) is 0 Å². The van der Waals surface area contributed by atoms with E-state index in [4.69, 9.17) is 4.74 Å². The van der Waals surface area contributed by atoms with E-state index in [1.165, 1.54) is 39.2 Å². The average molecular weight is 417 g/mol. The summed E-state index contributed by atoms with van der Waals surface area (Å²) in [6.45, 7) is 12.0. The van der Waals surface area contributed by atoms with Crippen molar-refractivity contribution in [2.45, 2.75) is 98.0 Å². The number of aliphatic hydroxyl groups is 1. The molecule has 0 amide bonds. The summed E-state index contributed by atoms with van der Waals surface area (Å²) in [7, 11) is 1.49. The Labute approximate surface area is 184 Å². The Bertz CT molecular complexity index is 709. The third-order valence-corrected chi connectivity index (χ3v) is 10.5. The van der Waals surface area contributed by atoms with Crippen molar-refractivity contribution in [2.75, 3.05) is 7.11 Å². The Morgan fingerprint density at radius 2 is 1.93 bits per heavy atom. The number of hydrogen-bond donors (Lipinski definition) is 1. The van der Waals surface area contributed by atoms with Crippen LogP contribution in [0, 0.1) is 46.3 Å². The van der Waals surface area contributed by atoms with E-state index in [-0.39, 0.29) is 5.97 Å². The van der Waals surface area contributed by atoms with Crippen LogP contribution in [0.25, 0.3) is 0 Å². The molecule has 0 heterocycles. The van der Waals surface area contributed by atoms with Gasteiger partial charge in [0.2, 0.25) is 0 Å². The van der Waals surface area contributed by atoms with Crippen LogP contribution in [0.2, 0.25) is 0 Å². The normalized spacial score (nSPS) is 48.8. The molecule has 3 fully saturated rings. The van der Waals surface area contributed by atoms with Gasteiger partial charge in [0.1, 0.15) is 0 Å². The molecule has 4 aliphatic carbocycles. The van der Waals surface area contributed by atoms with E-state index >= 15 is 0 Å². The van der Waals surface area contributed by atoms with Gasteiger partial charge >= 0.3 is 5.97 Å². The van der Waals surface area contributed by atoms with Gasteiger partial charge < -0.3 is 9.84 Å². The largest absolute Gasteiger partial charge is 0.469 e. The molecule has 3 nitrogen and oxygen atoms in total. The number of carbonyl (C=O) groups excluding carboxylic acids is 1. The standard InChI is InChI=1S/C27H44O3/c1-17(7-10-24(28)30-6)20-8-9-21-19-15-18(2)23-16-25(3,29)13-14-27(23,5)22(19)11-12-26(20,21)4/h8,17-19,21-23,29H,7,9-16H2,1-6H3. The minimum Gasteiger partial charge on any atom is -0.469 e. The Morgan fingerprint density at radius 3 is 2.63 bits per heavy atom. The van der Waals surface area contributed by atoms with Crippen LogP contribution in [-0.2, 0) is 9.53 Å². The predicted molar refractivity (Wildman–Crippen MR) is 121 cm³/mol. The van der Waals surface area contributed by atoms with E-state index in [0.29, 0.717) is 35.0 Å². The van der Waals surface area contributed by atoms with E-state index in [2.05, 4.69) is 40.7 Å². The van der Waals surface area contributed by atoms with Crippen molar-refractivity contribution in [3.05, 3.63) is 11.6 Å². The lowest BCUT2D eigenvalue weighted by Crippen LogP contribution is -2.57. The molecule has 3 heteroatoms. The first kappa shape index (κ1) is 22.4. The molecule has 0 aromatic carbocycles. The third kappa shape index (κ3) is 3.48. The summed E-state index contributed by atoms with van der Waals surface area (Å²) >= 11 is 0. The van der Waals surface area contributed by atoms with Crippen LogP contribution in [0.4, 0.5) is 0 Å². The van der Waals surface area contributed by atoms with Crippen LogP contribution in [0.1, 0.15) is 92.4 Å². The lowest BCUT2D eigenvalue weighted by Gasteiger charge is -2.63. The van der Waals surface area contributed by atoms with Gasteiger partial charge in [0, 0.05) is 6.42 Å². The third-order valence-electron chi connectivity index (χ3n) is 10.5. The van der Waals surface area contributed by atoms with Gasteiger partial charge in [-0.1, -0.05) is 39.3 Å². The summed E-state index contributed by atoms with van der Waals surface area (Å²) in [5.74, 6) is 4.12. The number of carbonyl (C=O) groups is 1. The van der Waals surface area contributed by atoms with E-state index in [9.17, 15) is 9.90 Å². The number of esters is 1. The van der Waals surface area contributed by atoms with Gasteiger partial charge in [0.15, 0.2) is 0 Å². The van der Waals surface area contributed by atoms with E-state index in [1.54, 1.807) is 5.57 Å². The Hall–Kier alpha value is -0.830. The fourth-order valence-corrected chi connectivity index (χ4v) is 8.83. The zero-order chi connectivity index (χ0) is 21.9. The molecule has 0 spiro atoms. The van der Waals surface area contributed by atoms with E-state index in [1.807, 2.05) is 0 Å². The minimum absolute atomic E-state index is 0.0842. The molecular formula is C27H44O3. The summed E-state index contributed by atoms with van der Waals surface area (Å²) in [6.07, 6.45) is 12.3. The first-order valence-corrected chi connectivity index (χ1v) is 12.5.